The van der Waals surface area contributed by atoms with E-state index in [0.29, 0.717) is 11.4 Å². The largest absolute Gasteiger partial charge is 0.337 e. The zero-order valence-corrected chi connectivity index (χ0v) is 6.89. The predicted molar refractivity (Wildman–Crippen MR) is 45.1 cm³/mol. The van der Waals surface area contributed by atoms with E-state index >= 15 is 0 Å². The Labute approximate surface area is 71.4 Å². The van der Waals surface area contributed by atoms with Crippen molar-refractivity contribution in [2.45, 2.75) is 19.8 Å². The summed E-state index contributed by atoms with van der Waals surface area (Å²) in [5.74, 6) is 5.79. The molecule has 12 heavy (non-hydrogen) atoms. The van der Waals surface area contributed by atoms with Crippen LogP contribution in [0, 0.1) is 23.2 Å². The number of unbranched alkanes of at least 4 members (excludes halogenated alkanes) is 1. The van der Waals surface area contributed by atoms with E-state index in [-0.39, 0.29) is 0 Å². The first kappa shape index (κ1) is 8.36. The van der Waals surface area contributed by atoms with Crippen LogP contribution >= 0.6 is 0 Å². The first-order chi connectivity index (χ1) is 5.88. The Morgan fingerprint density at radius 1 is 1.67 bits per heavy atom. The third-order valence-corrected chi connectivity index (χ3v) is 1.33. The summed E-state index contributed by atoms with van der Waals surface area (Å²) in [6.07, 6.45) is 3.36. The van der Waals surface area contributed by atoms with E-state index in [9.17, 15) is 0 Å². The van der Waals surface area contributed by atoms with Gasteiger partial charge in [0.1, 0.15) is 11.8 Å². The zero-order valence-electron chi connectivity index (χ0n) is 6.89. The van der Waals surface area contributed by atoms with Gasteiger partial charge < -0.3 is 4.98 Å². The monoisotopic (exact) mass is 159 g/mol. The summed E-state index contributed by atoms with van der Waals surface area (Å²) in [6, 6.07) is 1.96. The maximum atomic E-state index is 8.56. The Morgan fingerprint density at radius 3 is 3.17 bits per heavy atom. The van der Waals surface area contributed by atoms with Crippen molar-refractivity contribution in [2.75, 3.05) is 0 Å². The first-order valence-electron chi connectivity index (χ1n) is 3.80. The molecule has 0 fully saturated rings. The number of H-pyrrole nitrogens is 1. The highest BCUT2D eigenvalue weighted by Crippen LogP contribution is 1.97. The minimum absolute atomic E-state index is 0.374. The van der Waals surface area contributed by atoms with Gasteiger partial charge in [-0.1, -0.05) is 12.8 Å². The van der Waals surface area contributed by atoms with Gasteiger partial charge >= 0.3 is 0 Å². The molecule has 0 aliphatic heterocycles. The molecule has 0 saturated heterocycles. The van der Waals surface area contributed by atoms with E-state index in [1.807, 2.05) is 6.07 Å². The van der Waals surface area contributed by atoms with Crippen LogP contribution in [0.5, 0.6) is 0 Å². The number of rotatable bonds is 1. The molecule has 3 heteroatoms. The second-order valence-corrected chi connectivity index (χ2v) is 2.29. The summed E-state index contributed by atoms with van der Waals surface area (Å²) in [5.41, 5.74) is 0.990. The molecule has 0 aromatic carbocycles. The molecule has 60 valence electrons. The molecule has 0 radical (unpaired) electrons. The standard InChI is InChI=1S/C9H9N3/c1-2-3-4-5-8-9(6-10)12-7-11-8/h7H,2-3H2,1H3,(H,11,12). The van der Waals surface area contributed by atoms with Gasteiger partial charge in [0.05, 0.1) is 6.33 Å². The molecule has 0 amide bonds. The van der Waals surface area contributed by atoms with Gasteiger partial charge in [0.25, 0.3) is 0 Å². The van der Waals surface area contributed by atoms with Crippen molar-refractivity contribution < 1.29 is 0 Å². The minimum atomic E-state index is 0.374. The molecule has 0 saturated carbocycles. The maximum absolute atomic E-state index is 8.56. The molecule has 0 unspecified atom stereocenters. The number of hydrogen-bond donors (Lipinski definition) is 1. The van der Waals surface area contributed by atoms with Crippen LogP contribution in [0.25, 0.3) is 0 Å². The highest BCUT2D eigenvalue weighted by Gasteiger charge is 1.98. The molecule has 3 nitrogen and oxygen atoms in total. The molecule has 0 atom stereocenters. The number of hydrogen-bond acceptors (Lipinski definition) is 2. The molecule has 1 heterocycles. The van der Waals surface area contributed by atoms with Gasteiger partial charge in [-0.05, 0) is 12.3 Å². The van der Waals surface area contributed by atoms with Crippen molar-refractivity contribution in [2.24, 2.45) is 0 Å². The van der Waals surface area contributed by atoms with Crippen LogP contribution in [0.4, 0.5) is 0 Å². The number of aromatic nitrogens is 2. The highest BCUT2D eigenvalue weighted by molar-refractivity contribution is 5.38. The molecule has 0 spiro atoms. The van der Waals surface area contributed by atoms with Crippen LogP contribution in [-0.4, -0.2) is 9.97 Å². The second kappa shape index (κ2) is 4.20. The SMILES string of the molecule is CCCC#Cc1[nH]cnc1C#N. The van der Waals surface area contributed by atoms with Gasteiger partial charge in [-0.15, -0.1) is 0 Å². The van der Waals surface area contributed by atoms with Crippen molar-refractivity contribution in [1.29, 1.82) is 5.26 Å². The van der Waals surface area contributed by atoms with Crippen LogP contribution in [0.2, 0.25) is 0 Å². The molecular weight excluding hydrogens is 150 g/mol. The van der Waals surface area contributed by atoms with E-state index in [0.717, 1.165) is 12.8 Å². The lowest BCUT2D eigenvalue weighted by molar-refractivity contribution is 0.983. The van der Waals surface area contributed by atoms with Gasteiger partial charge in [0.2, 0.25) is 0 Å². The number of nitrogens with zero attached hydrogens (tertiary/aromatic N) is 2. The Morgan fingerprint density at radius 2 is 2.50 bits per heavy atom. The summed E-state index contributed by atoms with van der Waals surface area (Å²) in [5, 5.41) is 8.56. The average Bonchev–Trinajstić information content (AvgIpc) is 2.52. The van der Waals surface area contributed by atoms with Crippen molar-refractivity contribution in [3.63, 3.8) is 0 Å². The van der Waals surface area contributed by atoms with Gasteiger partial charge in [0.15, 0.2) is 5.69 Å². The Kier molecular flexibility index (Phi) is 2.93. The summed E-state index contributed by atoms with van der Waals surface area (Å²) in [4.78, 5) is 6.60. The molecule has 1 N–H and O–H groups in total. The molecule has 0 aliphatic rings. The quantitative estimate of drug-likeness (QED) is 0.630. The number of imidazole rings is 1. The van der Waals surface area contributed by atoms with Gasteiger partial charge in [-0.2, -0.15) is 5.26 Å². The molecule has 0 bridgehead atoms. The molecule has 1 aromatic rings. The van der Waals surface area contributed by atoms with Crippen molar-refractivity contribution in [3.05, 3.63) is 17.7 Å². The fourth-order valence-corrected chi connectivity index (χ4v) is 0.750. The average molecular weight is 159 g/mol. The zero-order chi connectivity index (χ0) is 8.81. The lowest BCUT2D eigenvalue weighted by atomic mass is 10.3. The Bertz CT molecular complexity index is 346. The fraction of sp³-hybridized carbons (Fsp3) is 0.333. The van der Waals surface area contributed by atoms with Crippen LogP contribution < -0.4 is 0 Å². The number of aromatic amines is 1. The van der Waals surface area contributed by atoms with Crippen molar-refractivity contribution >= 4 is 0 Å². The van der Waals surface area contributed by atoms with Crippen LogP contribution in [0.1, 0.15) is 31.2 Å². The normalized spacial score (nSPS) is 8.33. The van der Waals surface area contributed by atoms with Crippen molar-refractivity contribution in [1.82, 2.24) is 9.97 Å². The maximum Gasteiger partial charge on any atom is 0.174 e. The fourth-order valence-electron chi connectivity index (χ4n) is 0.750. The van der Waals surface area contributed by atoms with Gasteiger partial charge in [-0.25, -0.2) is 4.98 Å². The van der Waals surface area contributed by atoms with Crippen molar-refractivity contribution in [3.8, 4) is 17.9 Å². The number of nitrogens with one attached hydrogen (secondary N) is 1. The van der Waals surface area contributed by atoms with Crippen LogP contribution in [-0.2, 0) is 0 Å². The van der Waals surface area contributed by atoms with Gasteiger partial charge in [-0.3, -0.25) is 0 Å². The van der Waals surface area contributed by atoms with Crippen LogP contribution in [0.15, 0.2) is 6.33 Å². The van der Waals surface area contributed by atoms with E-state index in [1.165, 1.54) is 6.33 Å². The summed E-state index contributed by atoms with van der Waals surface area (Å²) >= 11 is 0. The Hall–Kier alpha value is -1.74. The van der Waals surface area contributed by atoms with E-state index in [4.69, 9.17) is 5.26 Å². The Balaban J connectivity index is 2.78. The molecule has 1 aromatic heterocycles. The minimum Gasteiger partial charge on any atom is -0.337 e. The summed E-state index contributed by atoms with van der Waals surface area (Å²) in [7, 11) is 0. The lowest BCUT2D eigenvalue weighted by Crippen LogP contribution is -1.79. The third-order valence-electron chi connectivity index (χ3n) is 1.33. The first-order valence-corrected chi connectivity index (χ1v) is 3.80. The molecular formula is C9H9N3. The van der Waals surface area contributed by atoms with E-state index in [2.05, 4.69) is 28.7 Å². The van der Waals surface area contributed by atoms with Gasteiger partial charge in [0, 0.05) is 6.42 Å². The smallest absolute Gasteiger partial charge is 0.174 e. The summed E-state index contributed by atoms with van der Waals surface area (Å²) in [6.45, 7) is 2.06. The highest BCUT2D eigenvalue weighted by atomic mass is 14.9. The topological polar surface area (TPSA) is 52.5 Å². The predicted octanol–water partition coefficient (Wildman–Crippen LogP) is 1.43. The summed E-state index contributed by atoms with van der Waals surface area (Å²) < 4.78 is 0. The second-order valence-electron chi connectivity index (χ2n) is 2.29. The third kappa shape index (κ3) is 1.87. The number of nitriles is 1. The van der Waals surface area contributed by atoms with E-state index in [1.54, 1.807) is 0 Å². The lowest BCUT2D eigenvalue weighted by Gasteiger charge is -1.81. The van der Waals surface area contributed by atoms with E-state index < -0.39 is 0 Å². The molecule has 0 aliphatic carbocycles. The molecule has 1 rings (SSSR count). The van der Waals surface area contributed by atoms with Crippen LogP contribution in [0.3, 0.4) is 0 Å².